The monoisotopic (exact) mass is 295 g/mol. The molecule has 0 bridgehead atoms. The van der Waals surface area contributed by atoms with Crippen molar-refractivity contribution in [2.24, 2.45) is 0 Å². The second-order valence-corrected chi connectivity index (χ2v) is 4.65. The molecule has 7 heteroatoms. The van der Waals surface area contributed by atoms with Crippen molar-refractivity contribution in [2.75, 3.05) is 0 Å². The first-order valence-electron chi connectivity index (χ1n) is 6.66. The molecule has 1 aromatic carbocycles. The lowest BCUT2D eigenvalue weighted by Gasteiger charge is -1.99. The van der Waals surface area contributed by atoms with Crippen LogP contribution in [0.5, 0.6) is 0 Å². The van der Waals surface area contributed by atoms with Gasteiger partial charge < -0.3 is 9.84 Å². The third-order valence-corrected chi connectivity index (χ3v) is 2.97. The van der Waals surface area contributed by atoms with Crippen molar-refractivity contribution < 1.29 is 9.32 Å². The van der Waals surface area contributed by atoms with Gasteiger partial charge in [0.2, 0.25) is 11.7 Å². The van der Waals surface area contributed by atoms with Crippen LogP contribution in [-0.2, 0) is 6.54 Å². The summed E-state index contributed by atoms with van der Waals surface area (Å²) >= 11 is 0. The largest absolute Gasteiger partial charge is 0.342 e. The number of nitrogens with zero attached hydrogens (tertiary/aromatic N) is 4. The number of nitrogens with one attached hydrogen (secondary N) is 1. The SMILES string of the molecule is Cc1ccc(-c2noc(CNC(=O)c3cnccn3)n2)cc1. The summed E-state index contributed by atoms with van der Waals surface area (Å²) in [6.45, 7) is 2.14. The Morgan fingerprint density at radius 2 is 2.05 bits per heavy atom. The van der Waals surface area contributed by atoms with Gasteiger partial charge in [-0.15, -0.1) is 0 Å². The Balaban J connectivity index is 1.65. The van der Waals surface area contributed by atoms with Crippen LogP contribution in [-0.4, -0.2) is 26.0 Å². The number of benzene rings is 1. The molecule has 1 amide bonds. The molecule has 22 heavy (non-hydrogen) atoms. The molecule has 2 heterocycles. The normalized spacial score (nSPS) is 10.4. The molecule has 2 aromatic heterocycles. The molecular weight excluding hydrogens is 282 g/mol. The van der Waals surface area contributed by atoms with Gasteiger partial charge in [-0.1, -0.05) is 35.0 Å². The van der Waals surface area contributed by atoms with E-state index in [1.165, 1.54) is 18.6 Å². The summed E-state index contributed by atoms with van der Waals surface area (Å²) in [6.07, 6.45) is 4.35. The van der Waals surface area contributed by atoms with Crippen molar-refractivity contribution in [3.05, 3.63) is 60.0 Å². The van der Waals surface area contributed by atoms with Crippen molar-refractivity contribution in [1.82, 2.24) is 25.4 Å². The predicted octanol–water partition coefficient (Wildman–Crippen LogP) is 1.77. The van der Waals surface area contributed by atoms with Gasteiger partial charge in [0.1, 0.15) is 5.69 Å². The van der Waals surface area contributed by atoms with Crippen LogP contribution in [0.2, 0.25) is 0 Å². The van der Waals surface area contributed by atoms with E-state index < -0.39 is 0 Å². The lowest BCUT2D eigenvalue weighted by molar-refractivity contribution is 0.0941. The molecule has 3 aromatic rings. The molecule has 0 unspecified atom stereocenters. The Bertz CT molecular complexity index is 768. The lowest BCUT2D eigenvalue weighted by atomic mass is 10.1. The van der Waals surface area contributed by atoms with Crippen LogP contribution in [0.15, 0.2) is 47.4 Å². The maximum absolute atomic E-state index is 11.8. The van der Waals surface area contributed by atoms with Crippen LogP contribution >= 0.6 is 0 Å². The van der Waals surface area contributed by atoms with Gasteiger partial charge >= 0.3 is 0 Å². The topological polar surface area (TPSA) is 93.8 Å². The van der Waals surface area contributed by atoms with E-state index in [1.807, 2.05) is 31.2 Å². The summed E-state index contributed by atoms with van der Waals surface area (Å²) < 4.78 is 5.12. The Morgan fingerprint density at radius 1 is 1.23 bits per heavy atom. The van der Waals surface area contributed by atoms with Crippen LogP contribution < -0.4 is 5.32 Å². The van der Waals surface area contributed by atoms with Gasteiger partial charge in [-0.3, -0.25) is 9.78 Å². The third kappa shape index (κ3) is 3.14. The first kappa shape index (κ1) is 13.9. The zero-order valence-electron chi connectivity index (χ0n) is 11.9. The number of aromatic nitrogens is 4. The maximum atomic E-state index is 11.8. The summed E-state index contributed by atoms with van der Waals surface area (Å²) in [5.74, 6) is 0.472. The van der Waals surface area contributed by atoms with Crippen molar-refractivity contribution in [3.8, 4) is 11.4 Å². The van der Waals surface area contributed by atoms with Gasteiger partial charge in [0.25, 0.3) is 5.91 Å². The smallest absolute Gasteiger partial charge is 0.271 e. The van der Waals surface area contributed by atoms with Crippen LogP contribution in [0.1, 0.15) is 21.9 Å². The molecule has 7 nitrogen and oxygen atoms in total. The van der Waals surface area contributed by atoms with E-state index in [0.29, 0.717) is 11.7 Å². The summed E-state index contributed by atoms with van der Waals surface area (Å²) in [7, 11) is 0. The second-order valence-electron chi connectivity index (χ2n) is 4.65. The Kier molecular flexibility index (Phi) is 3.86. The highest BCUT2D eigenvalue weighted by atomic mass is 16.5. The van der Waals surface area contributed by atoms with E-state index in [9.17, 15) is 4.79 Å². The molecule has 0 spiro atoms. The molecule has 0 aliphatic rings. The fraction of sp³-hybridized carbons (Fsp3) is 0.133. The standard InChI is InChI=1S/C15H13N5O2/c1-10-2-4-11(5-3-10)14-19-13(22-20-14)9-18-15(21)12-8-16-6-7-17-12/h2-8H,9H2,1H3,(H,18,21). The van der Waals surface area contributed by atoms with Gasteiger partial charge in [0, 0.05) is 18.0 Å². The number of amides is 1. The molecular formula is C15H13N5O2. The zero-order valence-corrected chi connectivity index (χ0v) is 11.9. The van der Waals surface area contributed by atoms with E-state index in [0.717, 1.165) is 11.1 Å². The molecule has 0 saturated carbocycles. The van der Waals surface area contributed by atoms with Crippen molar-refractivity contribution >= 4 is 5.91 Å². The molecule has 0 aliphatic carbocycles. The molecule has 0 aliphatic heterocycles. The minimum Gasteiger partial charge on any atom is -0.342 e. The number of hydrogen-bond acceptors (Lipinski definition) is 6. The number of aryl methyl sites for hydroxylation is 1. The van der Waals surface area contributed by atoms with Crippen molar-refractivity contribution in [3.63, 3.8) is 0 Å². The first-order chi connectivity index (χ1) is 10.7. The summed E-state index contributed by atoms with van der Waals surface area (Å²) in [5.41, 5.74) is 2.25. The number of hydrogen-bond donors (Lipinski definition) is 1. The van der Waals surface area contributed by atoms with Crippen molar-refractivity contribution in [2.45, 2.75) is 13.5 Å². The summed E-state index contributed by atoms with van der Waals surface area (Å²) in [4.78, 5) is 23.8. The number of carbonyl (C=O) groups excluding carboxylic acids is 1. The van der Waals surface area contributed by atoms with Crippen LogP contribution in [0.25, 0.3) is 11.4 Å². The quantitative estimate of drug-likeness (QED) is 0.788. The second kappa shape index (κ2) is 6.13. The molecule has 1 N–H and O–H groups in total. The van der Waals surface area contributed by atoms with E-state index in [2.05, 4.69) is 25.4 Å². The highest BCUT2D eigenvalue weighted by Crippen LogP contribution is 2.16. The summed E-state index contributed by atoms with van der Waals surface area (Å²) in [6, 6.07) is 7.78. The Labute approximate surface area is 126 Å². The van der Waals surface area contributed by atoms with Gasteiger partial charge in [-0.05, 0) is 6.92 Å². The fourth-order valence-corrected chi connectivity index (χ4v) is 1.81. The van der Waals surface area contributed by atoms with Crippen LogP contribution in [0, 0.1) is 6.92 Å². The van der Waals surface area contributed by atoms with Crippen LogP contribution in [0.4, 0.5) is 0 Å². The zero-order chi connectivity index (χ0) is 15.4. The number of rotatable bonds is 4. The molecule has 110 valence electrons. The summed E-state index contributed by atoms with van der Waals surface area (Å²) in [5, 5.41) is 6.55. The number of carbonyl (C=O) groups is 1. The third-order valence-electron chi connectivity index (χ3n) is 2.97. The van der Waals surface area contributed by atoms with Crippen molar-refractivity contribution in [1.29, 1.82) is 0 Å². The molecule has 0 radical (unpaired) electrons. The van der Waals surface area contributed by atoms with Gasteiger partial charge in [0.15, 0.2) is 0 Å². The molecule has 0 atom stereocenters. The lowest BCUT2D eigenvalue weighted by Crippen LogP contribution is -2.24. The van der Waals surface area contributed by atoms with E-state index in [4.69, 9.17) is 4.52 Å². The van der Waals surface area contributed by atoms with E-state index in [-0.39, 0.29) is 18.1 Å². The molecule has 0 fully saturated rings. The van der Waals surface area contributed by atoms with E-state index >= 15 is 0 Å². The maximum Gasteiger partial charge on any atom is 0.271 e. The minimum absolute atomic E-state index is 0.133. The predicted molar refractivity (Wildman–Crippen MR) is 77.7 cm³/mol. The van der Waals surface area contributed by atoms with E-state index in [1.54, 1.807) is 0 Å². The average Bonchev–Trinajstić information content (AvgIpc) is 3.03. The van der Waals surface area contributed by atoms with Gasteiger partial charge in [0.05, 0.1) is 12.7 Å². The van der Waals surface area contributed by atoms with Gasteiger partial charge in [-0.2, -0.15) is 4.98 Å². The highest BCUT2D eigenvalue weighted by Gasteiger charge is 2.11. The average molecular weight is 295 g/mol. The highest BCUT2D eigenvalue weighted by molar-refractivity contribution is 5.91. The molecule has 0 saturated heterocycles. The Morgan fingerprint density at radius 3 is 2.77 bits per heavy atom. The minimum atomic E-state index is -0.344. The Hall–Kier alpha value is -3.09. The fourth-order valence-electron chi connectivity index (χ4n) is 1.81. The van der Waals surface area contributed by atoms with Crippen LogP contribution in [0.3, 0.4) is 0 Å². The van der Waals surface area contributed by atoms with Gasteiger partial charge in [-0.25, -0.2) is 4.98 Å². The molecule has 3 rings (SSSR count). The first-order valence-corrected chi connectivity index (χ1v) is 6.66.